The number of carbonyl (C=O) groups is 2. The van der Waals surface area contributed by atoms with E-state index in [-0.39, 0.29) is 22.5 Å². The quantitative estimate of drug-likeness (QED) is 0.235. The zero-order valence-corrected chi connectivity index (χ0v) is 18.6. The minimum absolute atomic E-state index is 0.148. The monoisotopic (exact) mass is 480 g/mol. The van der Waals surface area contributed by atoms with Gasteiger partial charge >= 0.3 is 15.2 Å². The molecule has 2 rings (SSSR count). The van der Waals surface area contributed by atoms with Crippen molar-refractivity contribution in [3.8, 4) is 11.1 Å². The second-order valence-corrected chi connectivity index (χ2v) is 10.1. The molecule has 0 bridgehead atoms. The van der Waals surface area contributed by atoms with Gasteiger partial charge in [0.2, 0.25) is 11.8 Å². The minimum atomic E-state index is -4.54. The first-order chi connectivity index (χ1) is 14.8. The summed E-state index contributed by atoms with van der Waals surface area (Å²) in [5, 5.41) is 4.99. The van der Waals surface area contributed by atoms with E-state index in [0.29, 0.717) is 11.1 Å². The molecule has 2 amide bonds. The van der Waals surface area contributed by atoms with Crippen LogP contribution < -0.4 is 10.6 Å². The second kappa shape index (κ2) is 10.2. The predicted octanol–water partition coefficient (Wildman–Crippen LogP) is 2.96. The van der Waals surface area contributed by atoms with Gasteiger partial charge in [0.1, 0.15) is 0 Å². The van der Waals surface area contributed by atoms with Gasteiger partial charge < -0.3 is 30.2 Å². The van der Waals surface area contributed by atoms with E-state index < -0.39 is 39.3 Å². The van der Waals surface area contributed by atoms with Crippen molar-refractivity contribution in [1.29, 1.82) is 0 Å². The summed E-state index contributed by atoms with van der Waals surface area (Å²) < 4.78 is 23.4. The highest BCUT2D eigenvalue weighted by Crippen LogP contribution is 2.46. The molecule has 170 valence electrons. The van der Waals surface area contributed by atoms with Gasteiger partial charge in [0.15, 0.2) is 0 Å². The first kappa shape index (κ1) is 25.4. The maximum Gasteiger partial charge on any atom is 0.329 e. The first-order valence-corrected chi connectivity index (χ1v) is 12.6. The van der Waals surface area contributed by atoms with Crippen LogP contribution >= 0.6 is 15.2 Å². The Morgan fingerprint density at radius 3 is 1.38 bits per heavy atom. The van der Waals surface area contributed by atoms with Crippen molar-refractivity contribution in [2.45, 2.75) is 12.3 Å². The highest BCUT2D eigenvalue weighted by Gasteiger charge is 2.23. The van der Waals surface area contributed by atoms with Gasteiger partial charge in [0.05, 0.1) is 12.3 Å². The van der Waals surface area contributed by atoms with Crippen LogP contribution in [0.3, 0.4) is 0 Å². The fourth-order valence-electron chi connectivity index (χ4n) is 2.96. The fraction of sp³-hybridized carbons (Fsp3) is 0.100. The van der Waals surface area contributed by atoms with E-state index >= 15 is 0 Å². The van der Waals surface area contributed by atoms with Crippen molar-refractivity contribution in [3.63, 3.8) is 0 Å². The molecule has 2 aromatic carbocycles. The summed E-state index contributed by atoms with van der Waals surface area (Å²) in [5.74, 6) is -1.05. The van der Waals surface area contributed by atoms with Crippen molar-refractivity contribution in [1.82, 2.24) is 0 Å². The SMILES string of the molecule is C=CC(=O)Nc1ccc(-c2ccc(NC(=O)C=C)cc2CP(=O)(O)O)c(CP(=O)(O)O)c1. The van der Waals surface area contributed by atoms with E-state index in [4.69, 9.17) is 0 Å². The molecule has 2 aromatic rings. The van der Waals surface area contributed by atoms with Crippen LogP contribution in [0.2, 0.25) is 0 Å². The summed E-state index contributed by atoms with van der Waals surface area (Å²) in [4.78, 5) is 61.2. The Labute approximate surface area is 184 Å². The van der Waals surface area contributed by atoms with E-state index in [1.54, 1.807) is 0 Å². The van der Waals surface area contributed by atoms with Crippen LogP contribution in [-0.4, -0.2) is 31.4 Å². The summed E-state index contributed by atoms with van der Waals surface area (Å²) in [7, 11) is -9.08. The summed E-state index contributed by atoms with van der Waals surface area (Å²) in [6, 6.07) is 8.65. The zero-order chi connectivity index (χ0) is 24.1. The number of anilines is 2. The van der Waals surface area contributed by atoms with Gasteiger partial charge in [0.25, 0.3) is 0 Å². The maximum atomic E-state index is 11.7. The van der Waals surface area contributed by atoms with E-state index in [2.05, 4.69) is 23.8 Å². The molecule has 6 N–H and O–H groups in total. The fourth-order valence-corrected chi connectivity index (χ4v) is 4.37. The zero-order valence-electron chi connectivity index (χ0n) is 16.8. The number of rotatable bonds is 9. The number of hydrogen-bond donors (Lipinski definition) is 6. The van der Waals surface area contributed by atoms with Gasteiger partial charge in [-0.25, -0.2) is 0 Å². The van der Waals surface area contributed by atoms with Gasteiger partial charge in [-0.2, -0.15) is 0 Å². The summed E-state index contributed by atoms with van der Waals surface area (Å²) in [6.07, 6.45) is 0.713. The summed E-state index contributed by atoms with van der Waals surface area (Å²) >= 11 is 0. The minimum Gasteiger partial charge on any atom is -0.324 e. The van der Waals surface area contributed by atoms with E-state index in [1.807, 2.05) is 0 Å². The predicted molar refractivity (Wildman–Crippen MR) is 121 cm³/mol. The Morgan fingerprint density at radius 2 is 1.09 bits per heavy atom. The Kier molecular flexibility index (Phi) is 8.09. The van der Waals surface area contributed by atoms with Crippen molar-refractivity contribution in [2.75, 3.05) is 10.6 Å². The van der Waals surface area contributed by atoms with Crippen LogP contribution in [-0.2, 0) is 31.0 Å². The Balaban J connectivity index is 2.66. The first-order valence-electron chi connectivity index (χ1n) is 9.03. The summed E-state index contributed by atoms with van der Waals surface area (Å²) in [5.41, 5.74) is 1.41. The van der Waals surface area contributed by atoms with Crippen molar-refractivity contribution >= 4 is 38.4 Å². The van der Waals surface area contributed by atoms with E-state index in [0.717, 1.165) is 12.2 Å². The van der Waals surface area contributed by atoms with Crippen LogP contribution in [0.25, 0.3) is 11.1 Å². The van der Waals surface area contributed by atoms with E-state index in [1.165, 1.54) is 36.4 Å². The molecule has 0 aliphatic heterocycles. The van der Waals surface area contributed by atoms with Gasteiger partial charge in [-0.3, -0.25) is 18.7 Å². The van der Waals surface area contributed by atoms with Crippen LogP contribution in [0, 0.1) is 0 Å². The lowest BCUT2D eigenvalue weighted by Crippen LogP contribution is -2.09. The molecular weight excluding hydrogens is 458 g/mol. The lowest BCUT2D eigenvalue weighted by molar-refractivity contribution is -0.112. The average Bonchev–Trinajstić information content (AvgIpc) is 2.66. The molecule has 0 aliphatic carbocycles. The highest BCUT2D eigenvalue weighted by molar-refractivity contribution is 7.51. The molecule has 0 radical (unpaired) electrons. The van der Waals surface area contributed by atoms with Crippen LogP contribution in [0.15, 0.2) is 61.7 Å². The molecular formula is C20H22N2O8P2. The van der Waals surface area contributed by atoms with Gasteiger partial charge in [0, 0.05) is 11.4 Å². The number of benzene rings is 2. The third-order valence-corrected chi connectivity index (χ3v) is 5.66. The molecule has 0 fully saturated rings. The van der Waals surface area contributed by atoms with Crippen LogP contribution in [0.4, 0.5) is 11.4 Å². The summed E-state index contributed by atoms with van der Waals surface area (Å²) in [6.45, 7) is 6.68. The number of hydrogen-bond acceptors (Lipinski definition) is 4. The molecule has 12 heteroatoms. The van der Waals surface area contributed by atoms with Gasteiger partial charge in [-0.1, -0.05) is 25.3 Å². The number of nitrogens with one attached hydrogen (secondary N) is 2. The molecule has 0 saturated carbocycles. The van der Waals surface area contributed by atoms with Crippen molar-refractivity contribution in [3.05, 3.63) is 72.8 Å². The molecule has 0 unspecified atom stereocenters. The molecule has 0 aliphatic rings. The Hall–Kier alpha value is -2.84. The second-order valence-electron chi connectivity index (χ2n) is 6.78. The number of amides is 2. The third kappa shape index (κ3) is 7.69. The van der Waals surface area contributed by atoms with Crippen molar-refractivity contribution in [2.24, 2.45) is 0 Å². The smallest absolute Gasteiger partial charge is 0.324 e. The van der Waals surface area contributed by atoms with E-state index in [9.17, 15) is 38.3 Å². The molecule has 10 nitrogen and oxygen atoms in total. The van der Waals surface area contributed by atoms with Gasteiger partial charge in [-0.15, -0.1) is 0 Å². The Morgan fingerprint density at radius 1 is 0.750 bits per heavy atom. The topological polar surface area (TPSA) is 173 Å². The normalized spacial score (nSPS) is 11.5. The lowest BCUT2D eigenvalue weighted by Gasteiger charge is -2.18. The lowest BCUT2D eigenvalue weighted by atomic mass is 9.95. The standard InChI is InChI=1S/C20H22N2O8P2/c1-3-19(23)21-15-5-7-17(13(9-15)11-31(25,26)27)18-8-6-16(22-20(24)4-2)10-14(18)12-32(28,29)30/h3-10H,1-2,11-12H2,(H,21,23)(H,22,24)(H2,25,26,27)(H2,28,29,30). The molecule has 0 atom stereocenters. The van der Waals surface area contributed by atoms with Gasteiger partial charge in [-0.05, 0) is 58.7 Å². The highest BCUT2D eigenvalue weighted by atomic mass is 31.2. The molecule has 0 aromatic heterocycles. The maximum absolute atomic E-state index is 11.7. The number of carbonyl (C=O) groups excluding carboxylic acids is 2. The Bertz CT molecular complexity index is 1070. The molecule has 0 heterocycles. The molecule has 0 spiro atoms. The van der Waals surface area contributed by atoms with Crippen molar-refractivity contribution < 1.29 is 38.3 Å². The van der Waals surface area contributed by atoms with Crippen LogP contribution in [0.5, 0.6) is 0 Å². The average molecular weight is 480 g/mol. The van der Waals surface area contributed by atoms with Crippen LogP contribution in [0.1, 0.15) is 11.1 Å². The largest absolute Gasteiger partial charge is 0.329 e. The molecule has 32 heavy (non-hydrogen) atoms. The molecule has 0 saturated heterocycles. The third-order valence-electron chi connectivity index (χ3n) is 4.16.